The van der Waals surface area contributed by atoms with Crippen molar-refractivity contribution in [2.45, 2.75) is 51.7 Å². The third-order valence-electron chi connectivity index (χ3n) is 4.96. The second-order valence-corrected chi connectivity index (χ2v) is 7.89. The van der Waals surface area contributed by atoms with Gasteiger partial charge in [0.2, 0.25) is 5.91 Å². The summed E-state index contributed by atoms with van der Waals surface area (Å²) in [7, 11) is 0. The van der Waals surface area contributed by atoms with Gasteiger partial charge in [0.05, 0.1) is 11.5 Å². The third-order valence-corrected chi connectivity index (χ3v) is 4.96. The molecule has 1 aromatic rings. The first-order valence-corrected chi connectivity index (χ1v) is 8.63. The highest BCUT2D eigenvalue weighted by atomic mass is 16.6. The number of nitrogens with one attached hydrogen (secondary N) is 1. The van der Waals surface area contributed by atoms with E-state index < -0.39 is 5.60 Å². The molecule has 2 fully saturated rings. The van der Waals surface area contributed by atoms with Crippen LogP contribution < -0.4 is 5.32 Å². The number of carbonyl (C=O) groups excluding carboxylic acids is 2. The van der Waals surface area contributed by atoms with Gasteiger partial charge in [-0.15, -0.1) is 0 Å². The van der Waals surface area contributed by atoms with E-state index in [1.165, 1.54) is 0 Å². The van der Waals surface area contributed by atoms with Gasteiger partial charge in [-0.05, 0) is 45.6 Å². The van der Waals surface area contributed by atoms with Crippen LogP contribution >= 0.6 is 0 Å². The molecule has 1 spiro atoms. The fourth-order valence-corrected chi connectivity index (χ4v) is 3.61. The summed E-state index contributed by atoms with van der Waals surface area (Å²) in [4.78, 5) is 26.5. The van der Waals surface area contributed by atoms with Crippen LogP contribution in [0.1, 0.15) is 51.6 Å². The number of ether oxygens (including phenoxy) is 1. The molecular formula is C19H26N2O3. The molecule has 0 radical (unpaired) electrons. The molecule has 2 amide bonds. The first-order valence-electron chi connectivity index (χ1n) is 8.63. The number of rotatable bonds is 1. The Balaban J connectivity index is 1.63. The molecule has 1 aromatic carbocycles. The lowest BCUT2D eigenvalue weighted by molar-refractivity contribution is -0.130. The van der Waals surface area contributed by atoms with E-state index in [1.807, 2.05) is 39.0 Å². The molecule has 0 aliphatic carbocycles. The zero-order chi connectivity index (χ0) is 17.4. The maximum absolute atomic E-state index is 12.6. The van der Waals surface area contributed by atoms with E-state index in [1.54, 1.807) is 4.90 Å². The Bertz CT molecular complexity index is 613. The van der Waals surface area contributed by atoms with Crippen LogP contribution in [-0.4, -0.2) is 35.6 Å². The average Bonchev–Trinajstić information content (AvgIpc) is 2.84. The van der Waals surface area contributed by atoms with Gasteiger partial charge in [-0.2, -0.15) is 0 Å². The number of hydrogen-bond donors (Lipinski definition) is 1. The van der Waals surface area contributed by atoms with Gasteiger partial charge in [-0.3, -0.25) is 4.79 Å². The Hall–Kier alpha value is -2.04. The smallest absolute Gasteiger partial charge is 0.410 e. The first kappa shape index (κ1) is 16.8. The molecule has 1 atom stereocenters. The molecule has 1 unspecified atom stereocenters. The molecule has 0 bridgehead atoms. The Labute approximate surface area is 143 Å². The lowest BCUT2D eigenvalue weighted by Gasteiger charge is -2.37. The van der Waals surface area contributed by atoms with Crippen LogP contribution in [0.2, 0.25) is 0 Å². The third kappa shape index (κ3) is 3.40. The largest absolute Gasteiger partial charge is 0.444 e. The highest BCUT2D eigenvalue weighted by Crippen LogP contribution is 2.45. The van der Waals surface area contributed by atoms with Crippen molar-refractivity contribution in [3.8, 4) is 0 Å². The van der Waals surface area contributed by atoms with Crippen LogP contribution in [0.25, 0.3) is 0 Å². The van der Waals surface area contributed by atoms with Crippen LogP contribution in [0.15, 0.2) is 30.3 Å². The number of amides is 2. The number of benzene rings is 1. The summed E-state index contributed by atoms with van der Waals surface area (Å²) in [5.74, 6) is 0.125. The summed E-state index contributed by atoms with van der Waals surface area (Å²) < 4.78 is 5.43. The lowest BCUT2D eigenvalue weighted by atomic mass is 9.75. The quantitative estimate of drug-likeness (QED) is 0.860. The summed E-state index contributed by atoms with van der Waals surface area (Å²) in [5, 5.41) is 3.14. The topological polar surface area (TPSA) is 58.6 Å². The van der Waals surface area contributed by atoms with Gasteiger partial charge in [-0.1, -0.05) is 30.3 Å². The van der Waals surface area contributed by atoms with Crippen molar-refractivity contribution < 1.29 is 14.3 Å². The first-order chi connectivity index (χ1) is 11.3. The predicted molar refractivity (Wildman–Crippen MR) is 91.4 cm³/mol. The van der Waals surface area contributed by atoms with Gasteiger partial charge in [0.25, 0.3) is 0 Å². The summed E-state index contributed by atoms with van der Waals surface area (Å²) >= 11 is 0. The van der Waals surface area contributed by atoms with Crippen molar-refractivity contribution in [2.24, 2.45) is 5.41 Å². The fourth-order valence-electron chi connectivity index (χ4n) is 3.61. The molecule has 2 heterocycles. The number of likely N-dealkylation sites (tertiary alicyclic amines) is 1. The van der Waals surface area contributed by atoms with E-state index in [0.29, 0.717) is 25.9 Å². The SMILES string of the molecule is CC(C)(C)OC(=O)N1CCC2(CC1)CC(c1ccccc1)NC2=O. The molecule has 24 heavy (non-hydrogen) atoms. The van der Waals surface area contributed by atoms with Crippen LogP contribution in [0.4, 0.5) is 4.79 Å². The second kappa shape index (κ2) is 6.11. The summed E-state index contributed by atoms with van der Waals surface area (Å²) in [6.45, 7) is 6.75. The summed E-state index contributed by atoms with van der Waals surface area (Å²) in [6.07, 6.45) is 1.91. The molecule has 130 valence electrons. The van der Waals surface area contributed by atoms with Crippen LogP contribution in [0.5, 0.6) is 0 Å². The van der Waals surface area contributed by atoms with Gasteiger partial charge < -0.3 is 15.0 Å². The van der Waals surface area contributed by atoms with Crippen molar-refractivity contribution in [2.75, 3.05) is 13.1 Å². The van der Waals surface area contributed by atoms with E-state index in [2.05, 4.69) is 17.4 Å². The van der Waals surface area contributed by atoms with Gasteiger partial charge in [0.15, 0.2) is 0 Å². The van der Waals surface area contributed by atoms with Crippen molar-refractivity contribution in [3.63, 3.8) is 0 Å². The van der Waals surface area contributed by atoms with Gasteiger partial charge in [0, 0.05) is 13.1 Å². The van der Waals surface area contributed by atoms with Crippen molar-refractivity contribution >= 4 is 12.0 Å². The minimum Gasteiger partial charge on any atom is -0.444 e. The van der Waals surface area contributed by atoms with Gasteiger partial charge >= 0.3 is 6.09 Å². The van der Waals surface area contributed by atoms with Gasteiger partial charge in [-0.25, -0.2) is 4.79 Å². The minimum atomic E-state index is -0.491. The average molecular weight is 330 g/mol. The van der Waals surface area contributed by atoms with Gasteiger partial charge in [0.1, 0.15) is 5.60 Å². The maximum atomic E-state index is 12.6. The molecule has 0 aromatic heterocycles. The van der Waals surface area contributed by atoms with Crippen molar-refractivity contribution in [3.05, 3.63) is 35.9 Å². The van der Waals surface area contributed by atoms with E-state index in [-0.39, 0.29) is 23.5 Å². The lowest BCUT2D eigenvalue weighted by Crippen LogP contribution is -2.47. The monoisotopic (exact) mass is 330 g/mol. The molecule has 2 aliphatic rings. The highest BCUT2D eigenvalue weighted by molar-refractivity contribution is 5.86. The molecule has 3 rings (SSSR count). The van der Waals surface area contributed by atoms with Crippen molar-refractivity contribution in [1.82, 2.24) is 10.2 Å². The Kier molecular flexibility index (Phi) is 4.28. The van der Waals surface area contributed by atoms with Crippen LogP contribution in [0, 0.1) is 5.41 Å². The molecule has 5 nitrogen and oxygen atoms in total. The molecular weight excluding hydrogens is 304 g/mol. The second-order valence-electron chi connectivity index (χ2n) is 7.89. The van der Waals surface area contributed by atoms with Crippen LogP contribution in [-0.2, 0) is 9.53 Å². The number of carbonyl (C=O) groups is 2. The summed E-state index contributed by atoms with van der Waals surface area (Å²) in [5.41, 5.74) is 0.311. The van der Waals surface area contributed by atoms with E-state index in [0.717, 1.165) is 12.0 Å². The predicted octanol–water partition coefficient (Wildman–Crippen LogP) is 3.26. The maximum Gasteiger partial charge on any atom is 0.410 e. The zero-order valence-electron chi connectivity index (χ0n) is 14.7. The Morgan fingerprint density at radius 3 is 2.42 bits per heavy atom. The molecule has 5 heteroatoms. The minimum absolute atomic E-state index is 0.0757. The number of piperidine rings is 1. The van der Waals surface area contributed by atoms with E-state index in [4.69, 9.17) is 4.74 Å². The molecule has 1 N–H and O–H groups in total. The number of nitrogens with zero attached hydrogens (tertiary/aromatic N) is 1. The van der Waals surface area contributed by atoms with E-state index in [9.17, 15) is 9.59 Å². The van der Waals surface area contributed by atoms with Crippen molar-refractivity contribution in [1.29, 1.82) is 0 Å². The van der Waals surface area contributed by atoms with Crippen LogP contribution in [0.3, 0.4) is 0 Å². The Morgan fingerprint density at radius 2 is 1.83 bits per heavy atom. The Morgan fingerprint density at radius 1 is 1.21 bits per heavy atom. The number of hydrogen-bond acceptors (Lipinski definition) is 3. The molecule has 2 aliphatic heterocycles. The fraction of sp³-hybridized carbons (Fsp3) is 0.579. The zero-order valence-corrected chi connectivity index (χ0v) is 14.7. The van der Waals surface area contributed by atoms with E-state index >= 15 is 0 Å². The standard InChI is InChI=1S/C19H26N2O3/c1-18(2,3)24-17(23)21-11-9-19(10-12-21)13-15(20-16(19)22)14-7-5-4-6-8-14/h4-8,15H,9-13H2,1-3H3,(H,20,22). The summed E-state index contributed by atoms with van der Waals surface area (Å²) in [6, 6.07) is 10.2. The normalized spacial score (nSPS) is 23.2. The molecule has 0 saturated carbocycles. The highest BCUT2D eigenvalue weighted by Gasteiger charge is 2.49. The molecule has 2 saturated heterocycles.